The van der Waals surface area contributed by atoms with Crippen LogP contribution in [0.5, 0.6) is 5.75 Å². The second kappa shape index (κ2) is 7.02. The predicted octanol–water partition coefficient (Wildman–Crippen LogP) is 3.26. The fraction of sp³-hybridized carbons (Fsp3) is 0.533. The van der Waals surface area contributed by atoms with Crippen molar-refractivity contribution in [1.29, 1.82) is 0 Å². The average Bonchev–Trinajstić information content (AvgIpc) is 2.27. The van der Waals surface area contributed by atoms with Crippen molar-refractivity contribution in [2.24, 2.45) is 0 Å². The molecule has 0 heterocycles. The maximum atomic E-state index is 11.6. The number of anilines is 1. The number of carbonyl (C=O) groups is 1. The maximum absolute atomic E-state index is 11.6. The Balaban J connectivity index is 2.73. The maximum Gasteiger partial charge on any atom is 0.412 e. The minimum absolute atomic E-state index is 0.384. The molecule has 0 aliphatic rings. The molecular weight excluding hydrogens is 240 g/mol. The normalized spacial score (nSPS) is 10.2. The monoisotopic (exact) mass is 264 g/mol. The first-order valence-electron chi connectivity index (χ1n) is 6.70. The molecule has 0 atom stereocenters. The highest BCUT2D eigenvalue weighted by Crippen LogP contribution is 2.28. The standard InChI is InChI=1S/C15H24N2O2/c1-6-7-8-16-15(18)19-13-9-11(2)14(17(4)5)12(3)10-13/h9-10H,6-8H2,1-5H3,(H,16,18). The average molecular weight is 264 g/mol. The van der Waals surface area contributed by atoms with Gasteiger partial charge in [-0.3, -0.25) is 0 Å². The largest absolute Gasteiger partial charge is 0.412 e. The molecule has 1 aromatic rings. The SMILES string of the molecule is CCCCNC(=O)Oc1cc(C)c(N(C)C)c(C)c1. The van der Waals surface area contributed by atoms with Crippen LogP contribution in [0.2, 0.25) is 0 Å². The number of nitrogens with one attached hydrogen (secondary N) is 1. The molecule has 19 heavy (non-hydrogen) atoms. The van der Waals surface area contributed by atoms with Gasteiger partial charge in [0.05, 0.1) is 0 Å². The number of rotatable bonds is 5. The van der Waals surface area contributed by atoms with Gasteiger partial charge in [-0.1, -0.05) is 13.3 Å². The summed E-state index contributed by atoms with van der Waals surface area (Å²) in [6, 6.07) is 3.78. The summed E-state index contributed by atoms with van der Waals surface area (Å²) in [5, 5.41) is 2.74. The molecule has 0 spiro atoms. The van der Waals surface area contributed by atoms with Gasteiger partial charge >= 0.3 is 6.09 Å². The molecule has 4 heteroatoms. The van der Waals surface area contributed by atoms with Gasteiger partial charge in [0.25, 0.3) is 0 Å². The van der Waals surface area contributed by atoms with Gasteiger partial charge in [0.1, 0.15) is 5.75 Å². The van der Waals surface area contributed by atoms with Crippen molar-refractivity contribution in [2.45, 2.75) is 33.6 Å². The molecule has 0 saturated carbocycles. The van der Waals surface area contributed by atoms with Gasteiger partial charge < -0.3 is 15.0 Å². The fourth-order valence-corrected chi connectivity index (χ4v) is 2.19. The summed E-state index contributed by atoms with van der Waals surface area (Å²) in [5.74, 6) is 0.592. The van der Waals surface area contributed by atoms with Crippen LogP contribution in [0.1, 0.15) is 30.9 Å². The van der Waals surface area contributed by atoms with E-state index in [1.165, 1.54) is 5.69 Å². The minimum atomic E-state index is -0.384. The van der Waals surface area contributed by atoms with Gasteiger partial charge in [-0.15, -0.1) is 0 Å². The lowest BCUT2D eigenvalue weighted by Gasteiger charge is -2.19. The molecule has 0 aromatic heterocycles. The van der Waals surface area contributed by atoms with Crippen molar-refractivity contribution in [1.82, 2.24) is 5.32 Å². The van der Waals surface area contributed by atoms with E-state index in [0.717, 1.165) is 24.0 Å². The van der Waals surface area contributed by atoms with Gasteiger partial charge in [-0.05, 0) is 43.5 Å². The number of nitrogens with zero attached hydrogens (tertiary/aromatic N) is 1. The topological polar surface area (TPSA) is 41.6 Å². The number of carbonyl (C=O) groups excluding carboxylic acids is 1. The Labute approximate surface area is 115 Å². The van der Waals surface area contributed by atoms with Crippen molar-refractivity contribution in [3.05, 3.63) is 23.3 Å². The summed E-state index contributed by atoms with van der Waals surface area (Å²) in [5.41, 5.74) is 3.36. The molecule has 106 valence electrons. The Morgan fingerprint density at radius 2 is 1.84 bits per heavy atom. The van der Waals surface area contributed by atoms with E-state index < -0.39 is 0 Å². The zero-order chi connectivity index (χ0) is 14.4. The van der Waals surface area contributed by atoms with Crippen LogP contribution in [0, 0.1) is 13.8 Å². The van der Waals surface area contributed by atoms with E-state index in [1.807, 2.05) is 40.1 Å². The fourth-order valence-electron chi connectivity index (χ4n) is 2.19. The van der Waals surface area contributed by atoms with Gasteiger partial charge in [0.15, 0.2) is 0 Å². The summed E-state index contributed by atoms with van der Waals surface area (Å²) in [4.78, 5) is 13.7. The van der Waals surface area contributed by atoms with Crippen LogP contribution in [0.4, 0.5) is 10.5 Å². The lowest BCUT2D eigenvalue weighted by atomic mass is 10.1. The van der Waals surface area contributed by atoms with Gasteiger partial charge in [-0.2, -0.15) is 0 Å². The highest BCUT2D eigenvalue weighted by atomic mass is 16.6. The first kappa shape index (κ1) is 15.3. The van der Waals surface area contributed by atoms with E-state index in [9.17, 15) is 4.79 Å². The van der Waals surface area contributed by atoms with E-state index in [2.05, 4.69) is 17.1 Å². The van der Waals surface area contributed by atoms with E-state index in [-0.39, 0.29) is 6.09 Å². The molecule has 0 aliphatic heterocycles. The molecule has 1 N–H and O–H groups in total. The Kier molecular flexibility index (Phi) is 5.67. The van der Waals surface area contributed by atoms with E-state index in [1.54, 1.807) is 0 Å². The van der Waals surface area contributed by atoms with Crippen molar-refractivity contribution < 1.29 is 9.53 Å². The molecule has 0 aliphatic carbocycles. The Morgan fingerprint density at radius 1 is 1.26 bits per heavy atom. The van der Waals surface area contributed by atoms with Gasteiger partial charge in [-0.25, -0.2) is 4.79 Å². The zero-order valence-electron chi connectivity index (χ0n) is 12.5. The molecule has 1 amide bonds. The lowest BCUT2D eigenvalue weighted by molar-refractivity contribution is 0.200. The molecule has 0 fully saturated rings. The second-order valence-corrected chi connectivity index (χ2v) is 4.97. The molecular formula is C15H24N2O2. The van der Waals surface area contributed by atoms with Crippen LogP contribution >= 0.6 is 0 Å². The summed E-state index contributed by atoms with van der Waals surface area (Å²) in [6.45, 7) is 6.77. The lowest BCUT2D eigenvalue weighted by Crippen LogP contribution is -2.27. The Morgan fingerprint density at radius 3 is 2.32 bits per heavy atom. The summed E-state index contributed by atoms with van der Waals surface area (Å²) in [7, 11) is 4.01. The number of hydrogen-bond acceptors (Lipinski definition) is 3. The van der Waals surface area contributed by atoms with E-state index in [4.69, 9.17) is 4.74 Å². The first-order valence-corrected chi connectivity index (χ1v) is 6.70. The third kappa shape index (κ3) is 4.47. The quantitative estimate of drug-likeness (QED) is 0.830. The predicted molar refractivity (Wildman–Crippen MR) is 79.2 cm³/mol. The number of amides is 1. The van der Waals surface area contributed by atoms with Crippen LogP contribution < -0.4 is 15.0 Å². The van der Waals surface area contributed by atoms with Crippen molar-refractivity contribution in [3.63, 3.8) is 0 Å². The third-order valence-electron chi connectivity index (χ3n) is 2.92. The molecule has 0 bridgehead atoms. The number of benzene rings is 1. The van der Waals surface area contributed by atoms with Gasteiger partial charge in [0, 0.05) is 26.3 Å². The molecule has 4 nitrogen and oxygen atoms in total. The first-order chi connectivity index (χ1) is 8.95. The van der Waals surface area contributed by atoms with E-state index in [0.29, 0.717) is 12.3 Å². The van der Waals surface area contributed by atoms with Crippen LogP contribution in [0.15, 0.2) is 12.1 Å². The van der Waals surface area contributed by atoms with Crippen molar-refractivity contribution in [2.75, 3.05) is 25.5 Å². The number of hydrogen-bond donors (Lipinski definition) is 1. The third-order valence-corrected chi connectivity index (χ3v) is 2.92. The number of unbranched alkanes of at least 4 members (excludes halogenated alkanes) is 1. The molecule has 0 radical (unpaired) electrons. The number of ether oxygens (including phenoxy) is 1. The van der Waals surface area contributed by atoms with Crippen LogP contribution in [0.3, 0.4) is 0 Å². The zero-order valence-corrected chi connectivity index (χ0v) is 12.5. The minimum Gasteiger partial charge on any atom is -0.410 e. The molecule has 0 unspecified atom stereocenters. The van der Waals surface area contributed by atoms with E-state index >= 15 is 0 Å². The van der Waals surface area contributed by atoms with Crippen LogP contribution in [0.25, 0.3) is 0 Å². The summed E-state index contributed by atoms with van der Waals surface area (Å²) in [6.07, 6.45) is 1.63. The Bertz CT molecular complexity index is 419. The van der Waals surface area contributed by atoms with Crippen molar-refractivity contribution in [3.8, 4) is 5.75 Å². The highest BCUT2D eigenvalue weighted by Gasteiger charge is 2.10. The Hall–Kier alpha value is -1.71. The van der Waals surface area contributed by atoms with Gasteiger partial charge in [0.2, 0.25) is 0 Å². The molecule has 0 saturated heterocycles. The second-order valence-electron chi connectivity index (χ2n) is 4.97. The van der Waals surface area contributed by atoms with Crippen LogP contribution in [-0.2, 0) is 0 Å². The molecule has 1 aromatic carbocycles. The molecule has 1 rings (SSSR count). The van der Waals surface area contributed by atoms with Crippen molar-refractivity contribution >= 4 is 11.8 Å². The van der Waals surface area contributed by atoms with Crippen LogP contribution in [-0.4, -0.2) is 26.7 Å². The summed E-state index contributed by atoms with van der Waals surface area (Å²) >= 11 is 0. The highest BCUT2D eigenvalue weighted by molar-refractivity contribution is 5.71. The number of aryl methyl sites for hydroxylation is 2. The summed E-state index contributed by atoms with van der Waals surface area (Å²) < 4.78 is 5.29. The smallest absolute Gasteiger partial charge is 0.410 e.